The highest BCUT2D eigenvalue weighted by Gasteiger charge is 2.09. The highest BCUT2D eigenvalue weighted by molar-refractivity contribution is 5.92. The van der Waals surface area contributed by atoms with Gasteiger partial charge >= 0.3 is 6.01 Å². The van der Waals surface area contributed by atoms with Crippen molar-refractivity contribution in [2.75, 3.05) is 19.0 Å². The molecule has 0 bridgehead atoms. The average molecular weight is 379 g/mol. The number of ether oxygens (including phenoxy) is 3. The molecule has 0 unspecified atom stereocenters. The summed E-state index contributed by atoms with van der Waals surface area (Å²) < 4.78 is 16.4. The lowest BCUT2D eigenvalue weighted by molar-refractivity contribution is -0.118. The van der Waals surface area contributed by atoms with Crippen LogP contribution in [0, 0.1) is 13.8 Å². The number of rotatable bonds is 7. The molecular formula is C21H21N3O4. The van der Waals surface area contributed by atoms with Crippen LogP contribution in [0.3, 0.4) is 0 Å². The smallest absolute Gasteiger partial charge is 0.322 e. The van der Waals surface area contributed by atoms with Crippen molar-refractivity contribution in [1.29, 1.82) is 0 Å². The van der Waals surface area contributed by atoms with Crippen LogP contribution in [0.4, 0.5) is 5.69 Å². The molecule has 1 N–H and O–H groups in total. The fourth-order valence-electron chi connectivity index (χ4n) is 2.56. The third-order valence-corrected chi connectivity index (χ3v) is 3.72. The lowest BCUT2D eigenvalue weighted by Crippen LogP contribution is -2.20. The van der Waals surface area contributed by atoms with Gasteiger partial charge in [-0.25, -0.2) is 9.97 Å². The molecule has 0 fully saturated rings. The molecular weight excluding hydrogens is 358 g/mol. The minimum atomic E-state index is -0.300. The Hall–Kier alpha value is -3.61. The van der Waals surface area contributed by atoms with Crippen LogP contribution in [-0.4, -0.2) is 29.6 Å². The van der Waals surface area contributed by atoms with E-state index in [-0.39, 0.29) is 18.5 Å². The minimum absolute atomic E-state index is 0.147. The van der Waals surface area contributed by atoms with Gasteiger partial charge in [0, 0.05) is 23.1 Å². The van der Waals surface area contributed by atoms with Crippen molar-refractivity contribution in [3.05, 3.63) is 66.0 Å². The number of aromatic nitrogens is 2. The second-order valence-corrected chi connectivity index (χ2v) is 6.05. The summed E-state index contributed by atoms with van der Waals surface area (Å²) in [5, 5.41) is 2.77. The van der Waals surface area contributed by atoms with Gasteiger partial charge in [-0.15, -0.1) is 0 Å². The second-order valence-electron chi connectivity index (χ2n) is 6.05. The molecule has 0 saturated heterocycles. The lowest BCUT2D eigenvalue weighted by Gasteiger charge is -2.11. The quantitative estimate of drug-likeness (QED) is 0.670. The molecule has 0 aliphatic heterocycles. The third-order valence-electron chi connectivity index (χ3n) is 3.72. The van der Waals surface area contributed by atoms with E-state index in [4.69, 9.17) is 14.2 Å². The maximum Gasteiger partial charge on any atom is 0.322 e. The van der Waals surface area contributed by atoms with Gasteiger partial charge in [0.25, 0.3) is 5.91 Å². The van der Waals surface area contributed by atoms with Gasteiger partial charge in [0.2, 0.25) is 0 Å². The molecule has 28 heavy (non-hydrogen) atoms. The predicted octanol–water partition coefficient (Wildman–Crippen LogP) is 3.91. The van der Waals surface area contributed by atoms with E-state index in [0.717, 1.165) is 11.4 Å². The lowest BCUT2D eigenvalue weighted by atomic mass is 10.3. The van der Waals surface area contributed by atoms with Crippen LogP contribution >= 0.6 is 0 Å². The molecule has 2 aromatic carbocycles. The number of hydrogen-bond acceptors (Lipinski definition) is 6. The van der Waals surface area contributed by atoms with Gasteiger partial charge in [-0.05, 0) is 44.2 Å². The van der Waals surface area contributed by atoms with Crippen LogP contribution < -0.4 is 19.5 Å². The molecule has 1 heterocycles. The fourth-order valence-corrected chi connectivity index (χ4v) is 2.56. The van der Waals surface area contributed by atoms with Crippen LogP contribution in [0.15, 0.2) is 54.6 Å². The Kier molecular flexibility index (Phi) is 6.06. The summed E-state index contributed by atoms with van der Waals surface area (Å²) in [5.41, 5.74) is 2.22. The van der Waals surface area contributed by atoms with Crippen molar-refractivity contribution in [3.63, 3.8) is 0 Å². The Morgan fingerprint density at radius 2 is 1.68 bits per heavy atom. The summed E-state index contributed by atoms with van der Waals surface area (Å²) >= 11 is 0. The van der Waals surface area contributed by atoms with Crippen molar-refractivity contribution in [1.82, 2.24) is 9.97 Å². The van der Waals surface area contributed by atoms with E-state index in [1.807, 2.05) is 32.0 Å². The molecule has 144 valence electrons. The molecule has 7 nitrogen and oxygen atoms in total. The first kappa shape index (κ1) is 19.2. The summed E-state index contributed by atoms with van der Waals surface area (Å²) in [4.78, 5) is 20.7. The first-order chi connectivity index (χ1) is 13.5. The molecule has 0 spiro atoms. The molecule has 3 aromatic rings. The topological polar surface area (TPSA) is 82.6 Å². The van der Waals surface area contributed by atoms with E-state index < -0.39 is 0 Å². The highest BCUT2D eigenvalue weighted by Crippen LogP contribution is 2.26. The molecule has 0 radical (unpaired) electrons. The Morgan fingerprint density at radius 3 is 2.39 bits per heavy atom. The van der Waals surface area contributed by atoms with Crippen LogP contribution in [0.2, 0.25) is 0 Å². The van der Waals surface area contributed by atoms with Crippen molar-refractivity contribution in [2.24, 2.45) is 0 Å². The largest absolute Gasteiger partial charge is 0.493 e. The Morgan fingerprint density at radius 1 is 0.964 bits per heavy atom. The number of carbonyl (C=O) groups excluding carboxylic acids is 1. The molecule has 1 amide bonds. The van der Waals surface area contributed by atoms with Gasteiger partial charge in [0.1, 0.15) is 5.75 Å². The van der Waals surface area contributed by atoms with Gasteiger partial charge in [-0.3, -0.25) is 4.79 Å². The van der Waals surface area contributed by atoms with Gasteiger partial charge in [-0.2, -0.15) is 0 Å². The zero-order valence-electron chi connectivity index (χ0n) is 15.9. The van der Waals surface area contributed by atoms with Gasteiger partial charge in [0.15, 0.2) is 18.1 Å². The summed E-state index contributed by atoms with van der Waals surface area (Å²) in [5.74, 6) is 1.29. The van der Waals surface area contributed by atoms with Crippen molar-refractivity contribution < 1.29 is 19.0 Å². The summed E-state index contributed by atoms with van der Waals surface area (Å²) in [6.07, 6.45) is 0. The van der Waals surface area contributed by atoms with E-state index in [1.54, 1.807) is 43.5 Å². The maximum absolute atomic E-state index is 12.2. The zero-order valence-corrected chi connectivity index (χ0v) is 15.9. The summed E-state index contributed by atoms with van der Waals surface area (Å²) in [6, 6.07) is 16.3. The molecule has 3 rings (SSSR count). The van der Waals surface area contributed by atoms with E-state index in [1.165, 1.54) is 0 Å². The van der Waals surface area contributed by atoms with E-state index in [2.05, 4.69) is 15.3 Å². The summed E-state index contributed by atoms with van der Waals surface area (Å²) in [6.45, 7) is 3.60. The number of methoxy groups -OCH3 is 1. The van der Waals surface area contributed by atoms with Crippen LogP contribution in [0.25, 0.3) is 0 Å². The summed E-state index contributed by atoms with van der Waals surface area (Å²) in [7, 11) is 1.55. The number of aryl methyl sites for hydroxylation is 2. The average Bonchev–Trinajstić information content (AvgIpc) is 2.66. The molecule has 7 heteroatoms. The number of para-hydroxylation sites is 2. The van der Waals surface area contributed by atoms with Crippen LogP contribution in [-0.2, 0) is 4.79 Å². The minimum Gasteiger partial charge on any atom is -0.493 e. The normalized spacial score (nSPS) is 10.2. The highest BCUT2D eigenvalue weighted by atomic mass is 16.5. The Labute approximate surface area is 163 Å². The van der Waals surface area contributed by atoms with Gasteiger partial charge < -0.3 is 19.5 Å². The molecule has 0 aliphatic carbocycles. The number of amides is 1. The maximum atomic E-state index is 12.2. The van der Waals surface area contributed by atoms with Gasteiger partial charge in [0.05, 0.1) is 7.11 Å². The molecule has 1 aromatic heterocycles. The number of anilines is 1. The molecule has 0 aliphatic rings. The number of benzene rings is 2. The van der Waals surface area contributed by atoms with E-state index in [9.17, 15) is 4.79 Å². The number of nitrogens with one attached hydrogen (secondary N) is 1. The Balaban J connectivity index is 1.61. The number of nitrogens with zero attached hydrogens (tertiary/aromatic N) is 2. The van der Waals surface area contributed by atoms with Crippen molar-refractivity contribution >= 4 is 11.6 Å². The van der Waals surface area contributed by atoms with Gasteiger partial charge in [-0.1, -0.05) is 18.2 Å². The fraction of sp³-hybridized carbons (Fsp3) is 0.190. The second kappa shape index (κ2) is 8.85. The number of hydrogen-bond donors (Lipinski definition) is 1. The van der Waals surface area contributed by atoms with Crippen molar-refractivity contribution in [3.8, 4) is 23.3 Å². The van der Waals surface area contributed by atoms with E-state index >= 15 is 0 Å². The number of carbonyl (C=O) groups is 1. The zero-order chi connectivity index (χ0) is 19.9. The first-order valence-corrected chi connectivity index (χ1v) is 8.69. The molecule has 0 saturated carbocycles. The SMILES string of the molecule is COc1ccccc1OCC(=O)Nc1cccc(Oc2nc(C)cc(C)n2)c1. The molecule has 0 atom stereocenters. The van der Waals surface area contributed by atoms with Crippen LogP contribution in [0.5, 0.6) is 23.3 Å². The third kappa shape index (κ3) is 5.20. The Bertz CT molecular complexity index is 955. The monoisotopic (exact) mass is 379 g/mol. The van der Waals surface area contributed by atoms with Crippen LogP contribution in [0.1, 0.15) is 11.4 Å². The predicted molar refractivity (Wildman–Crippen MR) is 105 cm³/mol. The standard InChI is InChI=1S/C21H21N3O4/c1-14-11-15(2)23-21(22-14)28-17-8-6-7-16(12-17)24-20(25)13-27-19-10-5-4-9-18(19)26-3/h4-12H,13H2,1-3H3,(H,24,25). The first-order valence-electron chi connectivity index (χ1n) is 8.69. The van der Waals surface area contributed by atoms with Crippen molar-refractivity contribution in [2.45, 2.75) is 13.8 Å². The van der Waals surface area contributed by atoms with E-state index in [0.29, 0.717) is 22.9 Å².